The number of anilines is 1. The Morgan fingerprint density at radius 3 is 2.83 bits per heavy atom. The van der Waals surface area contributed by atoms with Crippen molar-refractivity contribution in [1.29, 1.82) is 0 Å². The molecule has 0 radical (unpaired) electrons. The minimum absolute atomic E-state index is 0.679. The van der Waals surface area contributed by atoms with Crippen LogP contribution in [0.5, 0.6) is 0 Å². The van der Waals surface area contributed by atoms with Crippen molar-refractivity contribution in [3.8, 4) is 0 Å². The average molecular weight is 309 g/mol. The molecule has 1 atom stereocenters. The third-order valence-electron chi connectivity index (χ3n) is 3.91. The van der Waals surface area contributed by atoms with Crippen molar-refractivity contribution in [2.45, 2.75) is 44.7 Å². The zero-order chi connectivity index (χ0) is 12.5. The van der Waals surface area contributed by atoms with E-state index in [9.17, 15) is 0 Å². The molecule has 18 heavy (non-hydrogen) atoms. The van der Waals surface area contributed by atoms with Gasteiger partial charge < -0.3 is 10.2 Å². The van der Waals surface area contributed by atoms with Gasteiger partial charge in [-0.05, 0) is 66.2 Å². The quantitative estimate of drug-likeness (QED) is 0.919. The zero-order valence-corrected chi connectivity index (χ0v) is 12.5. The zero-order valence-electron chi connectivity index (χ0n) is 11.0. The van der Waals surface area contributed by atoms with Gasteiger partial charge in [-0.25, -0.2) is 0 Å². The highest BCUT2D eigenvalue weighted by molar-refractivity contribution is 9.10. The Hall–Kier alpha value is -0.540. The van der Waals surface area contributed by atoms with Gasteiger partial charge in [-0.1, -0.05) is 6.07 Å². The van der Waals surface area contributed by atoms with Crippen molar-refractivity contribution in [2.24, 2.45) is 0 Å². The van der Waals surface area contributed by atoms with Gasteiger partial charge in [-0.3, -0.25) is 0 Å². The molecule has 1 aliphatic carbocycles. The maximum atomic E-state index is 3.77. The number of hydrogen-bond acceptors (Lipinski definition) is 2. The minimum atomic E-state index is 0.679. The third kappa shape index (κ3) is 2.89. The van der Waals surface area contributed by atoms with Crippen LogP contribution in [0.4, 0.5) is 5.69 Å². The molecule has 1 aromatic carbocycles. The van der Waals surface area contributed by atoms with E-state index in [1.165, 1.54) is 48.0 Å². The topological polar surface area (TPSA) is 15.3 Å². The number of benzene rings is 1. The van der Waals surface area contributed by atoms with Crippen molar-refractivity contribution < 1.29 is 0 Å². The summed E-state index contributed by atoms with van der Waals surface area (Å²) in [4.78, 5) is 2.53. The van der Waals surface area contributed by atoms with E-state index in [4.69, 9.17) is 0 Å². The number of hydrogen-bond donors (Lipinski definition) is 1. The van der Waals surface area contributed by atoms with Gasteiger partial charge in [0.15, 0.2) is 0 Å². The van der Waals surface area contributed by atoms with E-state index < -0.39 is 0 Å². The highest BCUT2D eigenvalue weighted by Crippen LogP contribution is 2.30. The van der Waals surface area contributed by atoms with Gasteiger partial charge in [0.2, 0.25) is 0 Å². The van der Waals surface area contributed by atoms with Crippen LogP contribution in [0.1, 0.15) is 31.2 Å². The van der Waals surface area contributed by atoms with Crippen molar-refractivity contribution in [3.05, 3.63) is 28.2 Å². The second kappa shape index (κ2) is 5.22. The van der Waals surface area contributed by atoms with Crippen LogP contribution in [0.2, 0.25) is 0 Å². The Morgan fingerprint density at radius 2 is 2.06 bits per heavy atom. The summed E-state index contributed by atoms with van der Waals surface area (Å²) in [6, 6.07) is 8.12. The van der Waals surface area contributed by atoms with Crippen LogP contribution >= 0.6 is 15.9 Å². The summed E-state index contributed by atoms with van der Waals surface area (Å²) in [7, 11) is 0. The van der Waals surface area contributed by atoms with Crippen LogP contribution in [0.3, 0.4) is 0 Å². The lowest BCUT2D eigenvalue weighted by molar-refractivity contribution is 0.420. The Balaban J connectivity index is 1.72. The molecule has 0 spiro atoms. The highest BCUT2D eigenvalue weighted by atomic mass is 79.9. The van der Waals surface area contributed by atoms with Crippen molar-refractivity contribution in [2.75, 3.05) is 18.0 Å². The molecule has 1 heterocycles. The van der Waals surface area contributed by atoms with Gasteiger partial charge >= 0.3 is 0 Å². The largest absolute Gasteiger partial charge is 0.369 e. The van der Waals surface area contributed by atoms with E-state index in [-0.39, 0.29) is 0 Å². The summed E-state index contributed by atoms with van der Waals surface area (Å²) >= 11 is 3.69. The average Bonchev–Trinajstić information content (AvgIpc) is 3.16. The fraction of sp³-hybridized carbons (Fsp3) is 0.600. The predicted molar refractivity (Wildman–Crippen MR) is 80.3 cm³/mol. The number of nitrogens with one attached hydrogen (secondary N) is 1. The second-order valence-electron chi connectivity index (χ2n) is 5.68. The van der Waals surface area contributed by atoms with Crippen LogP contribution in [0.15, 0.2) is 22.7 Å². The molecule has 2 nitrogen and oxygen atoms in total. The molecule has 1 aromatic rings. The smallest absolute Gasteiger partial charge is 0.0513 e. The number of aryl methyl sites for hydroxylation is 1. The first-order valence-electron chi connectivity index (χ1n) is 6.99. The molecule has 1 saturated heterocycles. The number of rotatable bonds is 3. The van der Waals surface area contributed by atoms with Crippen LogP contribution in [-0.2, 0) is 0 Å². The molecule has 98 valence electrons. The molecule has 0 amide bonds. The lowest BCUT2D eigenvalue weighted by Crippen LogP contribution is -2.46. The van der Waals surface area contributed by atoms with Crippen LogP contribution in [0, 0.1) is 6.92 Å². The van der Waals surface area contributed by atoms with Crippen LogP contribution in [-0.4, -0.2) is 25.2 Å². The van der Waals surface area contributed by atoms with Gasteiger partial charge in [0, 0.05) is 29.6 Å². The number of piperidine rings is 1. The molecule has 0 aromatic heterocycles. The number of halogens is 1. The van der Waals surface area contributed by atoms with E-state index in [1.54, 1.807) is 0 Å². The summed E-state index contributed by atoms with van der Waals surface area (Å²) in [6.45, 7) is 4.50. The van der Waals surface area contributed by atoms with Gasteiger partial charge in [0.1, 0.15) is 0 Å². The first-order chi connectivity index (χ1) is 8.72. The first-order valence-corrected chi connectivity index (χ1v) is 7.79. The monoisotopic (exact) mass is 308 g/mol. The predicted octanol–water partition coefficient (Wildman–Crippen LogP) is 3.48. The molecular formula is C15H21BrN2. The Kier molecular flexibility index (Phi) is 3.62. The fourth-order valence-corrected chi connectivity index (χ4v) is 3.28. The standard InChI is InChI=1S/C15H21BrN2/c1-11-4-7-14(16)15(9-11)18-8-2-3-13(10-18)17-12-5-6-12/h4,7,9,12-13,17H,2-3,5-6,8,10H2,1H3. The molecule has 0 bridgehead atoms. The SMILES string of the molecule is Cc1ccc(Br)c(N2CCCC(NC3CC3)C2)c1. The van der Waals surface area contributed by atoms with Crippen molar-refractivity contribution in [3.63, 3.8) is 0 Å². The molecule has 1 N–H and O–H groups in total. The van der Waals surface area contributed by atoms with E-state index in [2.05, 4.69) is 51.3 Å². The summed E-state index contributed by atoms with van der Waals surface area (Å²) < 4.78 is 1.22. The molecular weight excluding hydrogens is 288 g/mol. The minimum Gasteiger partial charge on any atom is -0.369 e. The highest BCUT2D eigenvalue weighted by Gasteiger charge is 2.28. The van der Waals surface area contributed by atoms with Gasteiger partial charge in [0.25, 0.3) is 0 Å². The van der Waals surface area contributed by atoms with E-state index in [0.29, 0.717) is 6.04 Å². The Bertz CT molecular complexity index is 429. The van der Waals surface area contributed by atoms with E-state index in [1.807, 2.05) is 0 Å². The van der Waals surface area contributed by atoms with Gasteiger partial charge in [-0.15, -0.1) is 0 Å². The van der Waals surface area contributed by atoms with Crippen molar-refractivity contribution >= 4 is 21.6 Å². The summed E-state index contributed by atoms with van der Waals surface area (Å²) in [5.74, 6) is 0. The molecule has 2 aliphatic rings. The molecule has 1 saturated carbocycles. The van der Waals surface area contributed by atoms with Crippen molar-refractivity contribution in [1.82, 2.24) is 5.32 Å². The summed E-state index contributed by atoms with van der Waals surface area (Å²) in [5, 5.41) is 3.77. The maximum absolute atomic E-state index is 3.77. The normalized spacial score (nSPS) is 24.3. The fourth-order valence-electron chi connectivity index (χ4n) is 2.78. The second-order valence-corrected chi connectivity index (χ2v) is 6.54. The summed E-state index contributed by atoms with van der Waals surface area (Å²) in [6.07, 6.45) is 5.39. The van der Waals surface area contributed by atoms with Gasteiger partial charge in [0.05, 0.1) is 5.69 Å². The maximum Gasteiger partial charge on any atom is 0.0513 e. The molecule has 3 heteroatoms. The lowest BCUT2D eigenvalue weighted by Gasteiger charge is -2.35. The lowest BCUT2D eigenvalue weighted by atomic mass is 10.0. The molecule has 1 aliphatic heterocycles. The molecule has 2 fully saturated rings. The number of nitrogens with zero attached hydrogens (tertiary/aromatic N) is 1. The van der Waals surface area contributed by atoms with Crippen LogP contribution in [0.25, 0.3) is 0 Å². The first kappa shape index (κ1) is 12.5. The summed E-state index contributed by atoms with van der Waals surface area (Å²) in [5.41, 5.74) is 2.70. The third-order valence-corrected chi connectivity index (χ3v) is 4.58. The van der Waals surface area contributed by atoms with Crippen LogP contribution < -0.4 is 10.2 Å². The van der Waals surface area contributed by atoms with Gasteiger partial charge in [-0.2, -0.15) is 0 Å². The molecule has 3 rings (SSSR count). The Morgan fingerprint density at radius 1 is 1.22 bits per heavy atom. The molecule has 1 unspecified atom stereocenters. The van der Waals surface area contributed by atoms with E-state index >= 15 is 0 Å². The Labute approximate surface area is 118 Å². The van der Waals surface area contributed by atoms with E-state index in [0.717, 1.165) is 12.6 Å².